The number of piperazine rings is 1. The molecule has 1 unspecified atom stereocenters. The van der Waals surface area contributed by atoms with E-state index in [-0.39, 0.29) is 5.91 Å². The fourth-order valence-electron chi connectivity index (χ4n) is 5.10. The summed E-state index contributed by atoms with van der Waals surface area (Å²) in [4.78, 5) is 23.7. The molecule has 5 rings (SSSR count). The number of aryl methyl sites for hydroxylation is 2. The highest BCUT2D eigenvalue weighted by atomic mass is 35.5. The predicted octanol–water partition coefficient (Wildman–Crippen LogP) is 3.49. The zero-order chi connectivity index (χ0) is 27.5. The number of nitrogens with zero attached hydrogens (tertiary/aromatic N) is 6. The van der Waals surface area contributed by atoms with Gasteiger partial charge in [0.25, 0.3) is 0 Å². The van der Waals surface area contributed by atoms with Gasteiger partial charge in [-0.1, -0.05) is 23.7 Å². The van der Waals surface area contributed by atoms with Crippen LogP contribution in [-0.4, -0.2) is 89.0 Å². The summed E-state index contributed by atoms with van der Waals surface area (Å²) in [5.74, 6) is 1.66. The second-order valence-electron chi connectivity index (χ2n) is 10.3. The van der Waals surface area contributed by atoms with Crippen LogP contribution in [0, 0.1) is 20.8 Å². The monoisotopic (exact) mass is 568 g/mol. The van der Waals surface area contributed by atoms with Crippen molar-refractivity contribution in [1.82, 2.24) is 35.2 Å². The lowest BCUT2D eigenvalue weighted by Crippen LogP contribution is -2.44. The highest BCUT2D eigenvalue weighted by molar-refractivity contribution is 7.15. The zero-order valence-corrected chi connectivity index (χ0v) is 24.7. The Kier molecular flexibility index (Phi) is 8.78. The molecule has 4 heterocycles. The first kappa shape index (κ1) is 27.9. The highest BCUT2D eigenvalue weighted by Gasteiger charge is 2.31. The SMILES string of the molecule is Cc1sc2c(c1C)C(c1ccc(Cl)cc1)=NC(NCCNC(=O)CCCN1CCN(C)CC1)c1nnc(C)n1-2. The largest absolute Gasteiger partial charge is 0.355 e. The van der Waals surface area contributed by atoms with Crippen LogP contribution in [0.15, 0.2) is 29.3 Å². The van der Waals surface area contributed by atoms with Gasteiger partial charge in [0.15, 0.2) is 12.0 Å². The summed E-state index contributed by atoms with van der Waals surface area (Å²) >= 11 is 7.93. The number of nitrogens with one attached hydrogen (secondary N) is 2. The highest BCUT2D eigenvalue weighted by Crippen LogP contribution is 2.38. The molecule has 0 radical (unpaired) electrons. The average molecular weight is 569 g/mol. The quantitative estimate of drug-likeness (QED) is 0.384. The Bertz CT molecular complexity index is 1340. The van der Waals surface area contributed by atoms with Gasteiger partial charge in [-0.2, -0.15) is 0 Å². The molecule has 2 aliphatic heterocycles. The van der Waals surface area contributed by atoms with Crippen LogP contribution < -0.4 is 10.6 Å². The molecule has 2 aromatic heterocycles. The van der Waals surface area contributed by atoms with Crippen molar-refractivity contribution < 1.29 is 4.79 Å². The maximum absolute atomic E-state index is 12.5. The number of aliphatic imine (C=N–C) groups is 1. The second kappa shape index (κ2) is 12.3. The van der Waals surface area contributed by atoms with Gasteiger partial charge in [0.05, 0.1) is 5.71 Å². The fourth-order valence-corrected chi connectivity index (χ4v) is 6.44. The van der Waals surface area contributed by atoms with Crippen molar-refractivity contribution in [3.05, 3.63) is 62.5 Å². The third-order valence-corrected chi connectivity index (χ3v) is 8.98. The van der Waals surface area contributed by atoms with Crippen molar-refractivity contribution in [1.29, 1.82) is 0 Å². The number of fused-ring (bicyclic) bond motifs is 3. The van der Waals surface area contributed by atoms with Crippen molar-refractivity contribution in [2.75, 3.05) is 52.9 Å². The number of halogens is 1. The summed E-state index contributed by atoms with van der Waals surface area (Å²) in [5.41, 5.74) is 4.20. The first-order valence-corrected chi connectivity index (χ1v) is 14.8. The number of carbonyl (C=O) groups excluding carboxylic acids is 1. The van der Waals surface area contributed by atoms with E-state index in [1.165, 1.54) is 10.4 Å². The van der Waals surface area contributed by atoms with Gasteiger partial charge in [0.1, 0.15) is 10.8 Å². The lowest BCUT2D eigenvalue weighted by Gasteiger charge is -2.32. The summed E-state index contributed by atoms with van der Waals surface area (Å²) in [6.45, 7) is 12.7. The number of carbonyl (C=O) groups is 1. The van der Waals surface area contributed by atoms with Gasteiger partial charge < -0.3 is 15.1 Å². The van der Waals surface area contributed by atoms with Crippen molar-refractivity contribution in [2.45, 2.75) is 39.8 Å². The molecule has 9 nitrogen and oxygen atoms in total. The van der Waals surface area contributed by atoms with Crippen molar-refractivity contribution in [3.8, 4) is 5.00 Å². The Hall–Kier alpha value is -2.63. The molecule has 11 heteroatoms. The van der Waals surface area contributed by atoms with Crippen LogP contribution in [0.2, 0.25) is 5.02 Å². The van der Waals surface area contributed by atoms with Gasteiger partial charge in [-0.15, -0.1) is 21.5 Å². The van der Waals surface area contributed by atoms with E-state index in [0.717, 1.165) is 72.6 Å². The summed E-state index contributed by atoms with van der Waals surface area (Å²) in [6.07, 6.45) is 1.01. The van der Waals surface area contributed by atoms with E-state index in [1.54, 1.807) is 11.3 Å². The summed E-state index contributed by atoms with van der Waals surface area (Å²) in [5, 5.41) is 17.2. The minimum absolute atomic E-state index is 0.0874. The Labute approximate surface area is 239 Å². The molecule has 0 aliphatic carbocycles. The number of hydrogen-bond acceptors (Lipinski definition) is 8. The molecule has 1 fully saturated rings. The lowest BCUT2D eigenvalue weighted by atomic mass is 10.00. The smallest absolute Gasteiger partial charge is 0.220 e. The van der Waals surface area contributed by atoms with Crippen LogP contribution in [-0.2, 0) is 4.79 Å². The van der Waals surface area contributed by atoms with Gasteiger partial charge in [-0.3, -0.25) is 19.7 Å². The molecule has 0 spiro atoms. The molecule has 1 amide bonds. The molecule has 0 saturated carbocycles. The van der Waals surface area contributed by atoms with Crippen molar-refractivity contribution in [3.63, 3.8) is 0 Å². The minimum atomic E-state index is -0.412. The van der Waals surface area contributed by atoms with Crippen LogP contribution in [0.5, 0.6) is 0 Å². The first-order chi connectivity index (χ1) is 18.8. The van der Waals surface area contributed by atoms with Gasteiger partial charge >= 0.3 is 0 Å². The van der Waals surface area contributed by atoms with E-state index in [4.69, 9.17) is 16.6 Å². The summed E-state index contributed by atoms with van der Waals surface area (Å²) in [6, 6.07) is 7.81. The summed E-state index contributed by atoms with van der Waals surface area (Å²) < 4.78 is 2.11. The second-order valence-corrected chi connectivity index (χ2v) is 12.0. The van der Waals surface area contributed by atoms with Crippen LogP contribution in [0.1, 0.15) is 52.2 Å². The molecule has 2 N–H and O–H groups in total. The third kappa shape index (κ3) is 6.25. The molecule has 1 aromatic carbocycles. The van der Waals surface area contributed by atoms with Gasteiger partial charge in [-0.25, -0.2) is 0 Å². The molecule has 208 valence electrons. The van der Waals surface area contributed by atoms with Crippen LogP contribution >= 0.6 is 22.9 Å². The Morgan fingerprint density at radius 3 is 2.56 bits per heavy atom. The van der Waals surface area contributed by atoms with Gasteiger partial charge in [-0.05, 0) is 58.5 Å². The molecule has 3 aromatic rings. The molecule has 39 heavy (non-hydrogen) atoms. The summed E-state index contributed by atoms with van der Waals surface area (Å²) in [7, 11) is 2.16. The average Bonchev–Trinajstić information content (AvgIpc) is 3.39. The third-order valence-electron chi connectivity index (χ3n) is 7.54. The molecule has 1 saturated heterocycles. The number of hydrogen-bond donors (Lipinski definition) is 2. The van der Waals surface area contributed by atoms with E-state index in [0.29, 0.717) is 24.5 Å². The number of likely N-dealkylation sites (N-methyl/N-ethyl adjacent to an activating group) is 1. The maximum atomic E-state index is 12.5. The normalized spacial score (nSPS) is 17.9. The number of aromatic nitrogens is 3. The maximum Gasteiger partial charge on any atom is 0.220 e. The van der Waals surface area contributed by atoms with E-state index in [1.807, 2.05) is 31.2 Å². The topological polar surface area (TPSA) is 90.7 Å². The molecular weight excluding hydrogens is 532 g/mol. The van der Waals surface area contributed by atoms with Crippen LogP contribution in [0.3, 0.4) is 0 Å². The van der Waals surface area contributed by atoms with E-state index < -0.39 is 6.17 Å². The molecular formula is C28H37ClN8OS. The molecule has 1 atom stereocenters. The van der Waals surface area contributed by atoms with Gasteiger partial charge in [0.2, 0.25) is 5.91 Å². The minimum Gasteiger partial charge on any atom is -0.355 e. The number of benzene rings is 1. The number of amides is 1. The van der Waals surface area contributed by atoms with Crippen LogP contribution in [0.4, 0.5) is 0 Å². The zero-order valence-electron chi connectivity index (χ0n) is 23.1. The standard InChI is InChI=1S/C28H37ClN8OS/c1-18-19(2)39-28-24(18)25(21-7-9-22(29)10-8-21)32-26(27-34-33-20(3)37(27)28)31-12-11-30-23(38)6-5-13-36-16-14-35(4)15-17-36/h7-10,26,31H,5-6,11-17H2,1-4H3,(H,30,38). The van der Waals surface area contributed by atoms with E-state index >= 15 is 0 Å². The molecule has 0 bridgehead atoms. The Morgan fingerprint density at radius 2 is 1.82 bits per heavy atom. The van der Waals surface area contributed by atoms with Gasteiger partial charge in [0, 0.05) is 66.7 Å². The fraction of sp³-hybridized carbons (Fsp3) is 0.500. The Balaban J connectivity index is 1.26. The number of rotatable bonds is 9. The van der Waals surface area contributed by atoms with E-state index in [9.17, 15) is 4.79 Å². The number of thiophene rings is 1. The lowest BCUT2D eigenvalue weighted by molar-refractivity contribution is -0.121. The van der Waals surface area contributed by atoms with Crippen molar-refractivity contribution >= 4 is 34.6 Å². The molecule has 2 aliphatic rings. The van der Waals surface area contributed by atoms with Crippen molar-refractivity contribution in [2.24, 2.45) is 4.99 Å². The predicted molar refractivity (Wildman–Crippen MR) is 157 cm³/mol. The first-order valence-electron chi connectivity index (χ1n) is 13.6. The van der Waals surface area contributed by atoms with E-state index in [2.05, 4.69) is 56.1 Å². The van der Waals surface area contributed by atoms with Crippen LogP contribution in [0.25, 0.3) is 5.00 Å². The Morgan fingerprint density at radius 1 is 1.08 bits per heavy atom.